The lowest BCUT2D eigenvalue weighted by Crippen LogP contribution is -2.17. The first-order valence-corrected chi connectivity index (χ1v) is 5.88. The van der Waals surface area contributed by atoms with Gasteiger partial charge in [-0.25, -0.2) is 4.63 Å². The number of nitrogen functional groups attached to an aromatic ring is 1. The summed E-state index contributed by atoms with van der Waals surface area (Å²) in [6, 6.07) is 6.50. The zero-order valence-electron chi connectivity index (χ0n) is 11.1. The quantitative estimate of drug-likeness (QED) is 0.730. The Labute approximate surface area is 119 Å². The van der Waals surface area contributed by atoms with Crippen molar-refractivity contribution in [1.29, 1.82) is 0 Å². The Morgan fingerprint density at radius 3 is 2.33 bits per heavy atom. The number of benzene rings is 1. The molecule has 9 nitrogen and oxygen atoms in total. The maximum atomic E-state index is 11.8. The van der Waals surface area contributed by atoms with Crippen LogP contribution in [0.5, 0.6) is 0 Å². The van der Waals surface area contributed by atoms with Crippen LogP contribution in [0.1, 0.15) is 10.5 Å². The molecule has 1 aromatic carbocycles. The molecule has 0 radical (unpaired) electrons. The number of anilines is 3. The highest BCUT2D eigenvalue weighted by Crippen LogP contribution is 2.15. The second kappa shape index (κ2) is 6.48. The molecule has 2 rings (SSSR count). The predicted octanol–water partition coefficient (Wildman–Crippen LogP) is 0.489. The number of methoxy groups -OCH3 is 1. The van der Waals surface area contributed by atoms with Gasteiger partial charge in [0.2, 0.25) is 17.4 Å². The molecule has 0 saturated carbocycles. The summed E-state index contributed by atoms with van der Waals surface area (Å²) < 4.78 is 9.05. The van der Waals surface area contributed by atoms with E-state index in [-0.39, 0.29) is 24.0 Å². The van der Waals surface area contributed by atoms with E-state index < -0.39 is 5.91 Å². The second-order valence-electron chi connectivity index (χ2n) is 4.01. The van der Waals surface area contributed by atoms with Crippen molar-refractivity contribution in [2.24, 2.45) is 0 Å². The van der Waals surface area contributed by atoms with Gasteiger partial charge in [-0.3, -0.25) is 9.59 Å². The van der Waals surface area contributed by atoms with Gasteiger partial charge in [-0.15, -0.1) is 0 Å². The third kappa shape index (κ3) is 3.76. The van der Waals surface area contributed by atoms with Crippen LogP contribution < -0.4 is 16.4 Å². The average Bonchev–Trinajstić information content (AvgIpc) is 2.87. The highest BCUT2D eigenvalue weighted by molar-refractivity contribution is 6.05. The average molecular weight is 291 g/mol. The van der Waals surface area contributed by atoms with E-state index in [1.165, 1.54) is 7.11 Å². The number of rotatable bonds is 5. The minimum absolute atomic E-state index is 0.0308. The van der Waals surface area contributed by atoms with Crippen molar-refractivity contribution in [3.8, 4) is 0 Å². The van der Waals surface area contributed by atoms with E-state index in [0.717, 1.165) is 0 Å². The first-order valence-electron chi connectivity index (χ1n) is 5.88. The number of amides is 2. The molecule has 1 aromatic heterocycles. The van der Waals surface area contributed by atoms with Crippen molar-refractivity contribution in [1.82, 2.24) is 10.3 Å². The SMILES string of the molecule is COCC(=O)Nc1ccc(NC(=O)c2nonc2N)cc1. The fourth-order valence-corrected chi connectivity index (χ4v) is 1.51. The number of nitrogens with one attached hydrogen (secondary N) is 2. The molecule has 0 atom stereocenters. The van der Waals surface area contributed by atoms with E-state index in [2.05, 4.69) is 25.6 Å². The molecular weight excluding hydrogens is 278 g/mol. The molecule has 4 N–H and O–H groups in total. The van der Waals surface area contributed by atoms with Crippen LogP contribution in [0.15, 0.2) is 28.9 Å². The molecule has 0 aliphatic carbocycles. The zero-order chi connectivity index (χ0) is 15.2. The standard InChI is InChI=1S/C12H13N5O4/c1-20-6-9(18)14-7-2-4-8(5-3-7)15-12(19)10-11(13)17-21-16-10/h2-5H,6H2,1H3,(H2,13,17)(H,14,18)(H,15,19). The lowest BCUT2D eigenvalue weighted by atomic mass is 10.2. The molecule has 1 heterocycles. The zero-order valence-corrected chi connectivity index (χ0v) is 11.1. The van der Waals surface area contributed by atoms with E-state index in [9.17, 15) is 9.59 Å². The summed E-state index contributed by atoms with van der Waals surface area (Å²) in [5.74, 6) is -0.892. The lowest BCUT2D eigenvalue weighted by molar-refractivity contribution is -0.119. The van der Waals surface area contributed by atoms with Gasteiger partial charge >= 0.3 is 0 Å². The normalized spacial score (nSPS) is 10.1. The molecule has 110 valence electrons. The van der Waals surface area contributed by atoms with Crippen LogP contribution >= 0.6 is 0 Å². The third-order valence-corrected chi connectivity index (χ3v) is 2.43. The third-order valence-electron chi connectivity index (χ3n) is 2.43. The van der Waals surface area contributed by atoms with Crippen LogP contribution in [0.4, 0.5) is 17.2 Å². The fraction of sp³-hybridized carbons (Fsp3) is 0.167. The van der Waals surface area contributed by atoms with Crippen LogP contribution in [0.2, 0.25) is 0 Å². The van der Waals surface area contributed by atoms with Crippen molar-refractivity contribution in [2.75, 3.05) is 30.1 Å². The van der Waals surface area contributed by atoms with Crippen LogP contribution in [-0.2, 0) is 9.53 Å². The minimum atomic E-state index is -0.537. The van der Waals surface area contributed by atoms with Crippen molar-refractivity contribution in [3.63, 3.8) is 0 Å². The number of nitrogens with two attached hydrogens (primary N) is 1. The Morgan fingerprint density at radius 1 is 1.19 bits per heavy atom. The van der Waals surface area contributed by atoms with Gasteiger partial charge in [0.1, 0.15) is 6.61 Å². The van der Waals surface area contributed by atoms with Crippen molar-refractivity contribution >= 4 is 29.0 Å². The largest absolute Gasteiger partial charge is 0.379 e. The highest BCUT2D eigenvalue weighted by atomic mass is 16.6. The predicted molar refractivity (Wildman–Crippen MR) is 73.6 cm³/mol. The summed E-state index contributed by atoms with van der Waals surface area (Å²) in [5.41, 5.74) is 6.41. The van der Waals surface area contributed by atoms with E-state index in [1.807, 2.05) is 0 Å². The number of ether oxygens (including phenoxy) is 1. The van der Waals surface area contributed by atoms with Gasteiger partial charge in [0, 0.05) is 18.5 Å². The molecule has 0 aliphatic heterocycles. The maximum Gasteiger partial charge on any atom is 0.281 e. The molecule has 0 bridgehead atoms. The smallest absolute Gasteiger partial charge is 0.281 e. The van der Waals surface area contributed by atoms with Gasteiger partial charge in [-0.05, 0) is 34.6 Å². The molecule has 2 aromatic rings. The topological polar surface area (TPSA) is 132 Å². The summed E-state index contributed by atoms with van der Waals surface area (Å²) in [6.45, 7) is -0.0308. The summed E-state index contributed by atoms with van der Waals surface area (Å²) in [5, 5.41) is 11.9. The Morgan fingerprint density at radius 2 is 1.81 bits per heavy atom. The van der Waals surface area contributed by atoms with Gasteiger partial charge in [0.25, 0.3) is 5.91 Å². The Kier molecular flexibility index (Phi) is 4.46. The molecule has 0 unspecified atom stereocenters. The Bertz CT molecular complexity index is 637. The Hall–Kier alpha value is -2.94. The molecular formula is C12H13N5O4. The first kappa shape index (κ1) is 14.5. The number of carbonyl (C=O) groups is 2. The number of hydrogen-bond acceptors (Lipinski definition) is 7. The molecule has 21 heavy (non-hydrogen) atoms. The van der Waals surface area contributed by atoms with Crippen LogP contribution in [-0.4, -0.2) is 35.8 Å². The van der Waals surface area contributed by atoms with Crippen molar-refractivity contribution < 1.29 is 19.0 Å². The first-order chi connectivity index (χ1) is 10.1. The van der Waals surface area contributed by atoms with E-state index >= 15 is 0 Å². The lowest BCUT2D eigenvalue weighted by Gasteiger charge is -2.06. The number of nitrogens with zero attached hydrogens (tertiary/aromatic N) is 2. The summed E-state index contributed by atoms with van der Waals surface area (Å²) in [4.78, 5) is 23.1. The monoisotopic (exact) mass is 291 g/mol. The summed E-state index contributed by atoms with van der Waals surface area (Å²) in [7, 11) is 1.43. The number of hydrogen-bond donors (Lipinski definition) is 3. The molecule has 2 amide bonds. The van der Waals surface area contributed by atoms with Gasteiger partial charge < -0.3 is 21.1 Å². The van der Waals surface area contributed by atoms with Gasteiger partial charge in [0.05, 0.1) is 0 Å². The highest BCUT2D eigenvalue weighted by Gasteiger charge is 2.15. The van der Waals surface area contributed by atoms with Crippen LogP contribution in [0, 0.1) is 0 Å². The van der Waals surface area contributed by atoms with E-state index in [4.69, 9.17) is 10.5 Å². The number of aromatic nitrogens is 2. The summed E-state index contributed by atoms with van der Waals surface area (Å²) in [6.07, 6.45) is 0. The molecule has 0 saturated heterocycles. The van der Waals surface area contributed by atoms with Crippen molar-refractivity contribution in [2.45, 2.75) is 0 Å². The second-order valence-corrected chi connectivity index (χ2v) is 4.01. The molecule has 9 heteroatoms. The van der Waals surface area contributed by atoms with Gasteiger partial charge in [0.15, 0.2) is 0 Å². The van der Waals surface area contributed by atoms with Crippen LogP contribution in [0.25, 0.3) is 0 Å². The molecule has 0 aliphatic rings. The maximum absolute atomic E-state index is 11.8. The van der Waals surface area contributed by atoms with Crippen molar-refractivity contribution in [3.05, 3.63) is 30.0 Å². The number of carbonyl (C=O) groups excluding carboxylic acids is 2. The molecule has 0 spiro atoms. The van der Waals surface area contributed by atoms with E-state index in [0.29, 0.717) is 11.4 Å². The van der Waals surface area contributed by atoms with Gasteiger partial charge in [-0.2, -0.15) is 0 Å². The minimum Gasteiger partial charge on any atom is -0.379 e. The fourth-order valence-electron chi connectivity index (χ4n) is 1.51. The Balaban J connectivity index is 1.98. The molecule has 0 fully saturated rings. The van der Waals surface area contributed by atoms with Crippen LogP contribution in [0.3, 0.4) is 0 Å². The summed E-state index contributed by atoms with van der Waals surface area (Å²) >= 11 is 0. The van der Waals surface area contributed by atoms with Gasteiger partial charge in [-0.1, -0.05) is 0 Å². The van der Waals surface area contributed by atoms with E-state index in [1.54, 1.807) is 24.3 Å².